The minimum Gasteiger partial charge on any atom is -0.309 e. The van der Waals surface area contributed by atoms with Crippen molar-refractivity contribution in [3.8, 4) is 28.5 Å². The van der Waals surface area contributed by atoms with Crippen LogP contribution in [-0.4, -0.2) is 19.5 Å². The molecule has 0 amide bonds. The van der Waals surface area contributed by atoms with Gasteiger partial charge < -0.3 is 4.57 Å². The largest absolute Gasteiger partial charge is 0.309 e. The fraction of sp³-hybridized carbons (Fsp3) is 0. The molecule has 0 saturated carbocycles. The Morgan fingerprint density at radius 3 is 1.83 bits per heavy atom. The van der Waals surface area contributed by atoms with Crippen LogP contribution in [0.1, 0.15) is 0 Å². The second kappa shape index (κ2) is 8.29. The molecule has 0 atom stereocenters. The molecule has 5 aromatic carbocycles. The Morgan fingerprint density at radius 1 is 0.500 bits per heavy atom. The van der Waals surface area contributed by atoms with Crippen molar-refractivity contribution in [1.29, 1.82) is 0 Å². The number of hydrogen-bond acceptors (Lipinski definition) is 3. The van der Waals surface area contributed by atoms with Gasteiger partial charge in [-0.2, -0.15) is 9.97 Å². The maximum Gasteiger partial charge on any atom is 0.226 e. The van der Waals surface area contributed by atoms with E-state index in [9.17, 15) is 0 Å². The molecule has 0 aliphatic rings. The third-order valence-corrected chi connectivity index (χ3v) is 6.73. The molecule has 7 rings (SSSR count). The molecule has 0 N–H and O–H groups in total. The molecule has 0 radical (unpaired) electrons. The highest BCUT2D eigenvalue weighted by atomic mass is 35.5. The van der Waals surface area contributed by atoms with Crippen molar-refractivity contribution in [1.82, 2.24) is 19.5 Å². The van der Waals surface area contributed by atoms with E-state index in [1.54, 1.807) is 0 Å². The number of fused-ring (bicyclic) bond motifs is 4. The van der Waals surface area contributed by atoms with E-state index in [1.165, 1.54) is 16.2 Å². The molecule has 4 nitrogen and oxygen atoms in total. The summed E-state index contributed by atoms with van der Waals surface area (Å²) in [5.74, 6) is 1.10. The Balaban J connectivity index is 1.38. The van der Waals surface area contributed by atoms with Gasteiger partial charge in [-0.3, -0.25) is 0 Å². The lowest BCUT2D eigenvalue weighted by molar-refractivity contribution is 1.06. The number of halogens is 1. The second-order valence-electron chi connectivity index (χ2n) is 8.73. The summed E-state index contributed by atoms with van der Waals surface area (Å²) in [4.78, 5) is 13.7. The molecule has 0 bridgehead atoms. The number of nitrogens with zero attached hydrogens (tertiary/aromatic N) is 4. The summed E-state index contributed by atoms with van der Waals surface area (Å²) in [7, 11) is 0. The number of benzene rings is 5. The highest BCUT2D eigenvalue weighted by molar-refractivity contribution is 6.28. The average Bonchev–Trinajstić information content (AvgIpc) is 3.27. The Kier molecular flexibility index (Phi) is 4.79. The van der Waals surface area contributed by atoms with E-state index in [1.807, 2.05) is 30.3 Å². The third-order valence-electron chi connectivity index (χ3n) is 6.56. The lowest BCUT2D eigenvalue weighted by Crippen LogP contribution is -1.99. The predicted octanol–water partition coefficient (Wildman–Crippen LogP) is 8.11. The molecular weight excluding hydrogens is 464 g/mol. The maximum atomic E-state index is 6.40. The Labute approximate surface area is 212 Å². The van der Waals surface area contributed by atoms with Gasteiger partial charge in [-0.15, -0.1) is 0 Å². The van der Waals surface area contributed by atoms with E-state index in [2.05, 4.69) is 99.5 Å². The van der Waals surface area contributed by atoms with Crippen LogP contribution in [-0.2, 0) is 0 Å². The van der Waals surface area contributed by atoms with Gasteiger partial charge in [0.2, 0.25) is 5.28 Å². The molecule has 0 aliphatic heterocycles. The standard InChI is InChI=1S/C31H19ClN4/c32-31-34-29(33-30(35-31)23-17-16-20-8-1-2-9-21(20)18-23)22-10-7-11-24(19-22)36-27-14-5-3-12-25(27)26-13-4-6-15-28(26)36/h1-19H. The van der Waals surface area contributed by atoms with Gasteiger partial charge in [0, 0.05) is 27.6 Å². The monoisotopic (exact) mass is 482 g/mol. The van der Waals surface area contributed by atoms with E-state index in [0.29, 0.717) is 11.6 Å². The quantitative estimate of drug-likeness (QED) is 0.255. The number of rotatable bonds is 3. The lowest BCUT2D eigenvalue weighted by atomic mass is 10.1. The third kappa shape index (κ3) is 3.43. The van der Waals surface area contributed by atoms with Crippen LogP contribution in [0.3, 0.4) is 0 Å². The van der Waals surface area contributed by atoms with Crippen LogP contribution in [0.5, 0.6) is 0 Å². The molecule has 0 saturated heterocycles. The summed E-state index contributed by atoms with van der Waals surface area (Å²) < 4.78 is 2.28. The van der Waals surface area contributed by atoms with Gasteiger partial charge in [0.25, 0.3) is 0 Å². The molecule has 0 fully saturated rings. The van der Waals surface area contributed by atoms with E-state index in [0.717, 1.165) is 33.2 Å². The van der Waals surface area contributed by atoms with E-state index < -0.39 is 0 Å². The predicted molar refractivity (Wildman–Crippen MR) is 148 cm³/mol. The van der Waals surface area contributed by atoms with Crippen molar-refractivity contribution in [2.75, 3.05) is 0 Å². The highest BCUT2D eigenvalue weighted by Crippen LogP contribution is 2.33. The average molecular weight is 483 g/mol. The number of hydrogen-bond donors (Lipinski definition) is 0. The van der Waals surface area contributed by atoms with Crippen LogP contribution < -0.4 is 0 Å². The van der Waals surface area contributed by atoms with Gasteiger partial charge in [0.05, 0.1) is 11.0 Å². The first kappa shape index (κ1) is 20.8. The van der Waals surface area contributed by atoms with Crippen molar-refractivity contribution >= 4 is 44.2 Å². The molecule has 7 aromatic rings. The molecule has 2 aromatic heterocycles. The molecule has 0 unspecified atom stereocenters. The van der Waals surface area contributed by atoms with Gasteiger partial charge >= 0.3 is 0 Å². The van der Waals surface area contributed by atoms with Crippen LogP contribution in [0.4, 0.5) is 0 Å². The number of aromatic nitrogens is 4. The molecule has 5 heteroatoms. The van der Waals surface area contributed by atoms with Crippen molar-refractivity contribution in [2.45, 2.75) is 0 Å². The summed E-state index contributed by atoms with van der Waals surface area (Å²) in [6, 6.07) is 39.6. The van der Waals surface area contributed by atoms with Crippen molar-refractivity contribution in [2.24, 2.45) is 0 Å². The first-order chi connectivity index (χ1) is 17.7. The van der Waals surface area contributed by atoms with Crippen LogP contribution in [0.25, 0.3) is 61.0 Å². The first-order valence-corrected chi connectivity index (χ1v) is 12.1. The smallest absolute Gasteiger partial charge is 0.226 e. The van der Waals surface area contributed by atoms with Crippen LogP contribution in [0.2, 0.25) is 5.28 Å². The van der Waals surface area contributed by atoms with Crippen LogP contribution in [0.15, 0.2) is 115 Å². The van der Waals surface area contributed by atoms with E-state index >= 15 is 0 Å². The molecule has 0 aliphatic carbocycles. The zero-order chi connectivity index (χ0) is 24.1. The highest BCUT2D eigenvalue weighted by Gasteiger charge is 2.14. The van der Waals surface area contributed by atoms with Gasteiger partial charge in [-0.1, -0.05) is 84.9 Å². The molecular formula is C31H19ClN4. The topological polar surface area (TPSA) is 43.6 Å². The zero-order valence-electron chi connectivity index (χ0n) is 19.1. The molecule has 170 valence electrons. The van der Waals surface area contributed by atoms with E-state index in [4.69, 9.17) is 16.6 Å². The lowest BCUT2D eigenvalue weighted by Gasteiger charge is -2.10. The van der Waals surface area contributed by atoms with Crippen molar-refractivity contribution < 1.29 is 0 Å². The van der Waals surface area contributed by atoms with Gasteiger partial charge in [-0.25, -0.2) is 4.98 Å². The fourth-order valence-corrected chi connectivity index (χ4v) is 5.08. The maximum absolute atomic E-state index is 6.40. The summed E-state index contributed by atoms with van der Waals surface area (Å²) in [6.07, 6.45) is 0. The fourth-order valence-electron chi connectivity index (χ4n) is 4.92. The summed E-state index contributed by atoms with van der Waals surface area (Å²) in [5.41, 5.74) is 5.12. The van der Waals surface area contributed by atoms with Crippen molar-refractivity contribution in [3.63, 3.8) is 0 Å². The minimum absolute atomic E-state index is 0.172. The van der Waals surface area contributed by atoms with Gasteiger partial charge in [0.1, 0.15) is 0 Å². The number of para-hydroxylation sites is 2. The van der Waals surface area contributed by atoms with Crippen molar-refractivity contribution in [3.05, 3.63) is 121 Å². The van der Waals surface area contributed by atoms with Gasteiger partial charge in [-0.05, 0) is 52.7 Å². The molecule has 0 spiro atoms. The molecule has 2 heterocycles. The SMILES string of the molecule is Clc1nc(-c2cccc(-n3c4ccccc4c4ccccc43)c2)nc(-c2ccc3ccccc3c2)n1. The normalized spacial score (nSPS) is 11.5. The molecule has 36 heavy (non-hydrogen) atoms. The Bertz CT molecular complexity index is 1870. The summed E-state index contributed by atoms with van der Waals surface area (Å²) in [5, 5.41) is 4.91. The van der Waals surface area contributed by atoms with E-state index in [-0.39, 0.29) is 5.28 Å². The van der Waals surface area contributed by atoms with Crippen LogP contribution >= 0.6 is 11.6 Å². The second-order valence-corrected chi connectivity index (χ2v) is 9.07. The summed E-state index contributed by atoms with van der Waals surface area (Å²) >= 11 is 6.40. The Morgan fingerprint density at radius 2 is 1.11 bits per heavy atom. The van der Waals surface area contributed by atoms with Gasteiger partial charge in [0.15, 0.2) is 11.6 Å². The zero-order valence-corrected chi connectivity index (χ0v) is 19.9. The van der Waals surface area contributed by atoms with Crippen LogP contribution in [0, 0.1) is 0 Å². The Hall–Kier alpha value is -4.54. The minimum atomic E-state index is 0.172. The summed E-state index contributed by atoms with van der Waals surface area (Å²) in [6.45, 7) is 0. The first-order valence-electron chi connectivity index (χ1n) is 11.7.